The molecule has 8 nitrogen and oxygen atoms in total. The highest BCUT2D eigenvalue weighted by Gasteiger charge is 2.34. The number of benzene rings is 1. The zero-order valence-corrected chi connectivity index (χ0v) is 17.9. The number of likely N-dealkylation sites (tertiary alicyclic amines) is 1. The highest BCUT2D eigenvalue weighted by Crippen LogP contribution is 2.28. The topological polar surface area (TPSA) is 84.3 Å². The molecule has 162 valence electrons. The Morgan fingerprint density at radius 1 is 1.16 bits per heavy atom. The number of methoxy groups -OCH3 is 1. The Bertz CT molecular complexity index is 992. The fourth-order valence-corrected chi connectivity index (χ4v) is 4.04. The number of rotatable bonds is 7. The Labute approximate surface area is 182 Å². The van der Waals surface area contributed by atoms with Crippen molar-refractivity contribution >= 4 is 11.8 Å². The summed E-state index contributed by atoms with van der Waals surface area (Å²) >= 11 is 0. The van der Waals surface area contributed by atoms with Gasteiger partial charge in [0.05, 0.1) is 18.3 Å². The summed E-state index contributed by atoms with van der Waals surface area (Å²) in [6.45, 7) is 3.18. The normalized spacial score (nSPS) is 18.8. The molecule has 31 heavy (non-hydrogen) atoms. The summed E-state index contributed by atoms with van der Waals surface area (Å²) in [7, 11) is 3.52. The molecule has 0 unspecified atom stereocenters. The van der Waals surface area contributed by atoms with E-state index in [1.165, 1.54) is 5.56 Å². The van der Waals surface area contributed by atoms with E-state index >= 15 is 0 Å². The first-order valence-corrected chi connectivity index (χ1v) is 10.4. The maximum Gasteiger partial charge on any atom is 0.320 e. The molecule has 2 N–H and O–H groups in total. The monoisotopic (exact) mass is 420 g/mol. The van der Waals surface area contributed by atoms with Gasteiger partial charge in [-0.3, -0.25) is 19.9 Å². The van der Waals surface area contributed by atoms with Crippen LogP contribution in [0.5, 0.6) is 0 Å². The lowest BCUT2D eigenvalue weighted by Gasteiger charge is -2.20. The van der Waals surface area contributed by atoms with E-state index in [0.717, 1.165) is 30.9 Å². The highest BCUT2D eigenvalue weighted by atomic mass is 16.5. The Morgan fingerprint density at radius 2 is 1.94 bits per heavy atom. The van der Waals surface area contributed by atoms with Crippen molar-refractivity contribution < 1.29 is 9.53 Å². The van der Waals surface area contributed by atoms with E-state index in [-0.39, 0.29) is 18.0 Å². The number of nitrogens with one attached hydrogen (secondary N) is 2. The quantitative estimate of drug-likeness (QED) is 0.614. The van der Waals surface area contributed by atoms with Gasteiger partial charge in [0, 0.05) is 63.7 Å². The number of nitrogens with zero attached hydrogens (tertiary/aromatic N) is 4. The van der Waals surface area contributed by atoms with E-state index in [4.69, 9.17) is 4.74 Å². The molecule has 1 saturated heterocycles. The van der Waals surface area contributed by atoms with Crippen molar-refractivity contribution in [1.82, 2.24) is 25.0 Å². The number of carbonyl (C=O) groups is 1. The Balaban J connectivity index is 1.44. The molecule has 0 aliphatic carbocycles. The minimum Gasteiger partial charge on any atom is -0.383 e. The second-order valence-corrected chi connectivity index (χ2v) is 7.75. The number of carbonyl (C=O) groups excluding carboxylic acids is 1. The van der Waals surface area contributed by atoms with Crippen LogP contribution in [0.2, 0.25) is 0 Å². The molecule has 3 heterocycles. The number of hydrogen-bond donors (Lipinski definition) is 2. The van der Waals surface area contributed by atoms with Crippen LogP contribution >= 0.6 is 0 Å². The molecule has 1 aliphatic rings. The number of ether oxygens (including phenoxy) is 1. The fourth-order valence-electron chi connectivity index (χ4n) is 4.04. The van der Waals surface area contributed by atoms with Crippen molar-refractivity contribution in [1.29, 1.82) is 0 Å². The number of amides is 2. The summed E-state index contributed by atoms with van der Waals surface area (Å²) in [6.07, 6.45) is 3.45. The second-order valence-electron chi connectivity index (χ2n) is 7.75. The van der Waals surface area contributed by atoms with Crippen molar-refractivity contribution in [3.05, 3.63) is 66.5 Å². The van der Waals surface area contributed by atoms with Crippen LogP contribution in [0.25, 0.3) is 11.3 Å². The molecule has 0 radical (unpaired) electrons. The largest absolute Gasteiger partial charge is 0.383 e. The molecular weight excluding hydrogens is 392 g/mol. The SMILES string of the molecule is COCCN1C[C@@H](NC(=O)Nc2cc(-c3ccncc3)nn2C)[C@H](c2ccccc2)C1. The van der Waals surface area contributed by atoms with E-state index in [2.05, 4.69) is 37.7 Å². The summed E-state index contributed by atoms with van der Waals surface area (Å²) in [5.41, 5.74) is 2.97. The van der Waals surface area contributed by atoms with Crippen molar-refractivity contribution in [3.63, 3.8) is 0 Å². The first kappa shape index (κ1) is 21.0. The van der Waals surface area contributed by atoms with Crippen molar-refractivity contribution in [2.45, 2.75) is 12.0 Å². The van der Waals surface area contributed by atoms with Crippen LogP contribution in [0.15, 0.2) is 60.9 Å². The Kier molecular flexibility index (Phi) is 6.59. The number of urea groups is 1. The summed E-state index contributed by atoms with van der Waals surface area (Å²) in [6, 6.07) is 15.8. The predicted octanol–water partition coefficient (Wildman–Crippen LogP) is 2.72. The number of aryl methyl sites for hydroxylation is 1. The molecule has 2 amide bonds. The lowest BCUT2D eigenvalue weighted by atomic mass is 9.94. The van der Waals surface area contributed by atoms with E-state index in [1.54, 1.807) is 24.2 Å². The smallest absolute Gasteiger partial charge is 0.320 e. The molecule has 0 spiro atoms. The van der Waals surface area contributed by atoms with Crippen LogP contribution in [-0.2, 0) is 11.8 Å². The number of anilines is 1. The fraction of sp³-hybridized carbons (Fsp3) is 0.348. The maximum absolute atomic E-state index is 12.8. The molecule has 3 aromatic rings. The number of pyridine rings is 1. The molecule has 2 atom stereocenters. The van der Waals surface area contributed by atoms with Gasteiger partial charge in [-0.1, -0.05) is 30.3 Å². The maximum atomic E-state index is 12.8. The summed E-state index contributed by atoms with van der Waals surface area (Å²) in [5, 5.41) is 10.6. The van der Waals surface area contributed by atoms with Crippen LogP contribution in [0.3, 0.4) is 0 Å². The minimum atomic E-state index is -0.233. The van der Waals surface area contributed by atoms with Gasteiger partial charge in [-0.15, -0.1) is 0 Å². The molecule has 8 heteroatoms. The summed E-state index contributed by atoms with van der Waals surface area (Å²) < 4.78 is 6.91. The third kappa shape index (κ3) is 5.10. The summed E-state index contributed by atoms with van der Waals surface area (Å²) in [4.78, 5) is 19.2. The molecule has 1 aromatic carbocycles. The third-order valence-corrected chi connectivity index (χ3v) is 5.65. The predicted molar refractivity (Wildman–Crippen MR) is 120 cm³/mol. The van der Waals surface area contributed by atoms with Gasteiger partial charge in [0.2, 0.25) is 0 Å². The average Bonchev–Trinajstić information content (AvgIpc) is 3.36. The first-order valence-electron chi connectivity index (χ1n) is 10.4. The average molecular weight is 421 g/mol. The van der Waals surface area contributed by atoms with Gasteiger partial charge in [0.25, 0.3) is 0 Å². The van der Waals surface area contributed by atoms with E-state index < -0.39 is 0 Å². The molecule has 1 fully saturated rings. The zero-order valence-electron chi connectivity index (χ0n) is 17.9. The third-order valence-electron chi connectivity index (χ3n) is 5.65. The lowest BCUT2D eigenvalue weighted by Crippen LogP contribution is -2.42. The molecule has 0 saturated carbocycles. The number of hydrogen-bond acceptors (Lipinski definition) is 5. The van der Waals surface area contributed by atoms with E-state index in [9.17, 15) is 4.79 Å². The summed E-state index contributed by atoms with van der Waals surface area (Å²) in [5.74, 6) is 0.859. The zero-order chi connectivity index (χ0) is 21.6. The van der Waals surface area contributed by atoms with Gasteiger partial charge < -0.3 is 10.1 Å². The minimum absolute atomic E-state index is 0.00662. The molecule has 0 bridgehead atoms. The van der Waals surface area contributed by atoms with Crippen LogP contribution in [0.4, 0.5) is 10.6 Å². The van der Waals surface area contributed by atoms with Gasteiger partial charge in [-0.2, -0.15) is 5.10 Å². The lowest BCUT2D eigenvalue weighted by molar-refractivity contribution is 0.159. The van der Waals surface area contributed by atoms with E-state index in [0.29, 0.717) is 12.4 Å². The Morgan fingerprint density at radius 3 is 2.68 bits per heavy atom. The number of aromatic nitrogens is 3. The van der Waals surface area contributed by atoms with Crippen LogP contribution in [0.1, 0.15) is 11.5 Å². The van der Waals surface area contributed by atoms with Crippen LogP contribution in [0, 0.1) is 0 Å². The molecule has 2 aromatic heterocycles. The Hall–Kier alpha value is -3.23. The van der Waals surface area contributed by atoms with Crippen molar-refractivity contribution in [2.24, 2.45) is 7.05 Å². The molecule has 1 aliphatic heterocycles. The van der Waals surface area contributed by atoms with Gasteiger partial charge in [-0.25, -0.2) is 4.79 Å². The van der Waals surface area contributed by atoms with Crippen LogP contribution in [-0.4, -0.2) is 65.1 Å². The van der Waals surface area contributed by atoms with Crippen molar-refractivity contribution in [3.8, 4) is 11.3 Å². The molecular formula is C23H28N6O2. The van der Waals surface area contributed by atoms with Crippen molar-refractivity contribution in [2.75, 3.05) is 38.7 Å². The standard InChI is InChI=1S/C23H28N6O2/c1-28-22(14-20(27-28)18-8-10-24-11-9-18)26-23(30)25-21-16-29(12-13-31-2)15-19(21)17-6-4-3-5-7-17/h3-11,14,19,21H,12-13,15-16H2,1-2H3,(H2,25,26,30)/t19-,21+/m0/s1. The first-order chi connectivity index (χ1) is 15.1. The van der Waals surface area contributed by atoms with Gasteiger partial charge in [0.1, 0.15) is 5.82 Å². The molecule has 4 rings (SSSR count). The van der Waals surface area contributed by atoms with E-state index in [1.807, 2.05) is 43.4 Å². The van der Waals surface area contributed by atoms with Gasteiger partial charge in [0.15, 0.2) is 0 Å². The van der Waals surface area contributed by atoms with Gasteiger partial charge >= 0.3 is 6.03 Å². The van der Waals surface area contributed by atoms with Crippen LogP contribution < -0.4 is 10.6 Å². The second kappa shape index (κ2) is 9.72. The highest BCUT2D eigenvalue weighted by molar-refractivity contribution is 5.89. The van der Waals surface area contributed by atoms with Gasteiger partial charge in [-0.05, 0) is 17.7 Å².